The zero-order chi connectivity index (χ0) is 62.8. The molecule has 4 aromatic rings. The van der Waals surface area contributed by atoms with Crippen LogP contribution in [0.2, 0.25) is 0 Å². The molecule has 0 saturated carbocycles. The first-order valence-electron chi connectivity index (χ1n) is 29.0. The van der Waals surface area contributed by atoms with Crippen molar-refractivity contribution < 1.29 is 85.6 Å². The number of amides is 3. The molecule has 3 aliphatic rings. The fourth-order valence-corrected chi connectivity index (χ4v) is 10.5. The van der Waals surface area contributed by atoms with Gasteiger partial charge in [0.1, 0.15) is 23.7 Å². The Morgan fingerprint density at radius 3 is 1.90 bits per heavy atom. The van der Waals surface area contributed by atoms with Gasteiger partial charge in [-0.3, -0.25) is 34.6 Å². The van der Waals surface area contributed by atoms with Crippen LogP contribution in [0.5, 0.6) is 5.75 Å². The van der Waals surface area contributed by atoms with Gasteiger partial charge in [0.25, 0.3) is 17.3 Å². The van der Waals surface area contributed by atoms with Crippen molar-refractivity contribution in [1.29, 1.82) is 0 Å². The minimum atomic E-state index is -5.08. The van der Waals surface area contributed by atoms with Crippen LogP contribution < -0.4 is 26.0 Å². The number of carboxylic acids is 1. The Morgan fingerprint density at radius 2 is 1.33 bits per heavy atom. The summed E-state index contributed by atoms with van der Waals surface area (Å²) < 4.78 is 70.9. The molecule has 1 aromatic heterocycles. The number of H-pyrrole nitrogens is 1. The molecule has 3 aliphatic heterocycles. The van der Waals surface area contributed by atoms with Crippen molar-refractivity contribution in [3.8, 4) is 5.75 Å². The van der Waals surface area contributed by atoms with Gasteiger partial charge in [0.2, 0.25) is 11.8 Å². The number of ether oxygens (including phenoxy) is 7. The lowest BCUT2D eigenvalue weighted by molar-refractivity contribution is -0.393. The number of alkyl halides is 3. The highest BCUT2D eigenvalue weighted by atomic mass is 19.4. The van der Waals surface area contributed by atoms with Crippen LogP contribution in [0.15, 0.2) is 60.7 Å². The van der Waals surface area contributed by atoms with Crippen molar-refractivity contribution in [1.82, 2.24) is 25.4 Å². The van der Waals surface area contributed by atoms with E-state index < -0.39 is 33.8 Å². The van der Waals surface area contributed by atoms with E-state index in [4.69, 9.17) is 43.1 Å². The first-order chi connectivity index (χ1) is 41.7. The van der Waals surface area contributed by atoms with Crippen LogP contribution in [0.1, 0.15) is 60.6 Å². The van der Waals surface area contributed by atoms with E-state index in [1.165, 1.54) is 28.9 Å². The van der Waals surface area contributed by atoms with Gasteiger partial charge in [0.15, 0.2) is 0 Å². The molecular weight excluding hydrogens is 1150 g/mol. The number of nitro groups is 2. The molecule has 2 saturated heterocycles. The summed E-state index contributed by atoms with van der Waals surface area (Å²) in [6, 6.07) is 17.7. The van der Waals surface area contributed by atoms with Crippen molar-refractivity contribution in [3.63, 3.8) is 0 Å². The number of benzene rings is 3. The topological polar surface area (TPSA) is 330 Å². The van der Waals surface area contributed by atoms with Crippen molar-refractivity contribution in [2.45, 2.75) is 63.6 Å². The van der Waals surface area contributed by atoms with Crippen LogP contribution in [0.25, 0.3) is 10.9 Å². The highest BCUT2D eigenvalue weighted by Gasteiger charge is 2.47. The van der Waals surface area contributed by atoms with Crippen LogP contribution in [0.3, 0.4) is 0 Å². The van der Waals surface area contributed by atoms with Gasteiger partial charge in [-0.15, -0.1) is 0 Å². The molecule has 26 nitrogen and oxygen atoms in total. The summed E-state index contributed by atoms with van der Waals surface area (Å²) in [5.41, 5.74) is 4.87. The molecule has 3 atom stereocenters. The average molecular weight is 1230 g/mol. The van der Waals surface area contributed by atoms with E-state index in [-0.39, 0.29) is 86.2 Å². The lowest BCUT2D eigenvalue weighted by atomic mass is 9.67. The van der Waals surface area contributed by atoms with Crippen molar-refractivity contribution in [3.05, 3.63) is 97.7 Å². The number of rotatable bonds is 35. The van der Waals surface area contributed by atoms with Crippen LogP contribution in [-0.2, 0) is 48.2 Å². The minimum absolute atomic E-state index is 0.0353. The van der Waals surface area contributed by atoms with E-state index in [2.05, 4.69) is 63.2 Å². The van der Waals surface area contributed by atoms with Crippen molar-refractivity contribution >= 4 is 57.3 Å². The second kappa shape index (κ2) is 34.9. The maximum absolute atomic E-state index is 13.7. The van der Waals surface area contributed by atoms with Gasteiger partial charge >= 0.3 is 12.1 Å². The number of hydrogen-bond donors (Lipinski definition) is 7. The Balaban J connectivity index is 0.00000162. The third-order valence-electron chi connectivity index (χ3n) is 15.2. The van der Waals surface area contributed by atoms with E-state index in [9.17, 15) is 52.9 Å². The Bertz CT molecular complexity index is 2880. The van der Waals surface area contributed by atoms with Crippen molar-refractivity contribution in [2.24, 2.45) is 11.8 Å². The predicted octanol–water partition coefficient (Wildman–Crippen LogP) is 5.45. The molecule has 480 valence electrons. The summed E-state index contributed by atoms with van der Waals surface area (Å²) in [5, 5.41) is 53.4. The second-order valence-corrected chi connectivity index (χ2v) is 21.2. The van der Waals surface area contributed by atoms with Crippen molar-refractivity contribution in [2.75, 3.05) is 155 Å². The maximum Gasteiger partial charge on any atom is 0.490 e. The van der Waals surface area contributed by atoms with Crippen LogP contribution in [-0.4, -0.2) is 216 Å². The number of aryl methyl sites for hydroxylation is 1. The fraction of sp³-hybridized carbons (Fsp3) is 0.586. The van der Waals surface area contributed by atoms with E-state index in [0.29, 0.717) is 110 Å². The standard InChI is InChI=1S/C56H79N9O15.C2HF3O2/c1-40-6-8-45-48(34-40)60-39-56(45)14-20-62(37-41(56)2)38-51(66)42-12-18-63(19-13-42)55(69)49-36-44-46(61-49)4-3-5-52(44)80-33-32-79-31-30-78-29-26-76-23-17-59-54(68)11-10-53(67)58-16-22-75-25-28-77-27-24-74-21-15-57-47-9-7-43(64(70)71)35-50(47)65(72)73;3-2(4,5)1(6)7/h3-9,34-36,41-42,51,57,60-61,66H,10-33,37-39H2,1-2H3,(H,58,67)(H,59,68);(H,6,7)/t41-,51-,56+;/m1./s1. The number of carboxylic acid groups (broad SMARTS) is 1. The number of carbonyl (C=O) groups excluding carboxylic acids is 3. The number of aliphatic hydroxyl groups excluding tert-OH is 1. The summed E-state index contributed by atoms with van der Waals surface area (Å²) in [5.74, 6) is -2.05. The summed E-state index contributed by atoms with van der Waals surface area (Å²) in [4.78, 5) is 75.2. The number of aromatic nitrogens is 1. The van der Waals surface area contributed by atoms with E-state index in [1.54, 1.807) is 0 Å². The number of nitrogens with zero attached hydrogens (tertiary/aromatic N) is 4. The Labute approximate surface area is 501 Å². The third kappa shape index (κ3) is 21.8. The van der Waals surface area contributed by atoms with E-state index >= 15 is 0 Å². The smallest absolute Gasteiger partial charge is 0.490 e. The zero-order valence-electron chi connectivity index (χ0n) is 49.0. The summed E-state index contributed by atoms with van der Waals surface area (Å²) in [6.07, 6.45) is -2.83. The summed E-state index contributed by atoms with van der Waals surface area (Å²) >= 11 is 0. The molecule has 87 heavy (non-hydrogen) atoms. The predicted molar refractivity (Wildman–Crippen MR) is 312 cm³/mol. The minimum Gasteiger partial charge on any atom is -0.490 e. The molecule has 4 heterocycles. The highest BCUT2D eigenvalue weighted by molar-refractivity contribution is 5.99. The number of carbonyl (C=O) groups is 4. The quantitative estimate of drug-likeness (QED) is 0.0171. The third-order valence-corrected chi connectivity index (χ3v) is 15.2. The number of aliphatic hydroxyl groups is 1. The number of hydrogen-bond acceptors (Lipinski definition) is 19. The van der Waals surface area contributed by atoms with Gasteiger partial charge in [-0.2, -0.15) is 13.2 Å². The molecule has 7 rings (SSSR count). The largest absolute Gasteiger partial charge is 0.490 e. The van der Waals surface area contributed by atoms with Crippen LogP contribution in [0.4, 0.5) is 35.9 Å². The van der Waals surface area contributed by atoms with Gasteiger partial charge in [-0.1, -0.05) is 25.1 Å². The molecule has 29 heteroatoms. The summed E-state index contributed by atoms with van der Waals surface area (Å²) in [7, 11) is 0. The van der Waals surface area contributed by atoms with E-state index in [1.807, 2.05) is 29.2 Å². The van der Waals surface area contributed by atoms with Gasteiger partial charge in [-0.25, -0.2) is 4.79 Å². The molecule has 2 fully saturated rings. The first kappa shape index (κ1) is 68.9. The SMILES string of the molecule is Cc1ccc2c(c1)NC[C@]21CCN(C[C@@H](O)C2CCN(C(=O)c3cc4c(OCCOCCOCCOCCNC(=O)CCC(=O)NCCOCCOCCOCCNc5ccc([N+](=O)[O-])cc5[N+](=O)[O-])cccc4[nH]3)CC2)C[C@H]1C.O=C(O)C(F)(F)F. The fourth-order valence-electron chi connectivity index (χ4n) is 10.5. The number of non-ortho nitro benzene ring substituents is 1. The van der Waals surface area contributed by atoms with Gasteiger partial charge in [-0.05, 0) is 86.0 Å². The molecule has 0 unspecified atom stereocenters. The number of halogens is 3. The Kier molecular flexibility index (Phi) is 27.6. The number of anilines is 2. The normalized spacial score (nSPS) is 17.2. The molecule has 0 radical (unpaired) electrons. The lowest BCUT2D eigenvalue weighted by Gasteiger charge is -2.46. The van der Waals surface area contributed by atoms with Crippen LogP contribution in [0, 0.1) is 39.0 Å². The van der Waals surface area contributed by atoms with Gasteiger partial charge in [0.05, 0.1) is 101 Å². The molecule has 3 amide bonds. The number of aromatic amines is 1. The first-order valence-corrected chi connectivity index (χ1v) is 29.0. The van der Waals surface area contributed by atoms with Crippen LogP contribution >= 0.6 is 0 Å². The Hall–Kier alpha value is -7.25. The second-order valence-electron chi connectivity index (χ2n) is 21.2. The monoisotopic (exact) mass is 1230 g/mol. The number of fused-ring (bicyclic) bond motifs is 3. The van der Waals surface area contributed by atoms with E-state index in [0.717, 1.165) is 55.9 Å². The molecular formula is C58H80F3N9O17. The number of β-amino-alcohol motifs (C(OH)–C–C–N with tert-alkyl or cyclic N) is 1. The number of nitrogens with one attached hydrogen (secondary N) is 5. The molecule has 0 bridgehead atoms. The lowest BCUT2D eigenvalue weighted by Crippen LogP contribution is -2.52. The molecule has 7 N–H and O–H groups in total. The number of aliphatic carboxylic acids is 1. The van der Waals surface area contributed by atoms with Gasteiger partial charge in [0, 0.05) is 93.3 Å². The zero-order valence-corrected chi connectivity index (χ0v) is 49.0. The average Bonchev–Trinajstić information content (AvgIpc) is 2.63. The Morgan fingerprint density at radius 1 is 0.759 bits per heavy atom. The maximum atomic E-state index is 13.7. The number of nitro benzene ring substituents is 2. The highest BCUT2D eigenvalue weighted by Crippen LogP contribution is 2.47. The summed E-state index contributed by atoms with van der Waals surface area (Å²) in [6.45, 7) is 14.2. The molecule has 3 aromatic carbocycles. The number of likely N-dealkylation sites (tertiary alicyclic amines) is 2. The molecule has 1 spiro atoms. The number of piperidine rings is 2. The van der Waals surface area contributed by atoms with Gasteiger partial charge < -0.3 is 79.4 Å². The molecule has 0 aliphatic carbocycles.